The van der Waals surface area contributed by atoms with Crippen molar-refractivity contribution in [2.75, 3.05) is 6.54 Å². The zero-order valence-electron chi connectivity index (χ0n) is 12.2. The van der Waals surface area contributed by atoms with Crippen molar-refractivity contribution < 1.29 is 9.90 Å². The number of benzene rings is 1. The van der Waals surface area contributed by atoms with Crippen molar-refractivity contribution >= 4 is 17.6 Å². The molecule has 1 N–H and O–H groups in total. The zero-order valence-corrected chi connectivity index (χ0v) is 12.9. The summed E-state index contributed by atoms with van der Waals surface area (Å²) in [6.45, 7) is 1.38. The number of carboxylic acid groups (broad SMARTS) is 1. The average Bonchev–Trinajstić information content (AvgIpc) is 2.97. The van der Waals surface area contributed by atoms with Crippen LogP contribution in [0.5, 0.6) is 0 Å². The third-order valence-electron chi connectivity index (χ3n) is 4.00. The Morgan fingerprint density at radius 2 is 2.05 bits per heavy atom. The normalized spacial score (nSPS) is 19.2. The molecule has 1 aliphatic rings. The topological polar surface area (TPSA) is 58.4 Å². The number of aromatic nitrogens is 2. The Morgan fingerprint density at radius 1 is 1.27 bits per heavy atom. The van der Waals surface area contributed by atoms with E-state index in [1.807, 2.05) is 41.4 Å². The van der Waals surface area contributed by atoms with E-state index in [-0.39, 0.29) is 0 Å². The van der Waals surface area contributed by atoms with E-state index >= 15 is 0 Å². The molecular weight excluding hydrogens is 302 g/mol. The molecule has 6 heteroatoms. The standard InChI is InChI=1S/C16H18ClN3O2/c17-12-4-6-14(7-5-12)20-10-8-13(18-20)11-19-9-2-1-3-15(19)16(21)22/h4-8,10,15H,1-3,9,11H2,(H,21,22). The summed E-state index contributed by atoms with van der Waals surface area (Å²) >= 11 is 5.89. The molecule has 1 saturated heterocycles. The van der Waals surface area contributed by atoms with Gasteiger partial charge in [-0.1, -0.05) is 18.0 Å². The van der Waals surface area contributed by atoms with E-state index in [4.69, 9.17) is 11.6 Å². The fraction of sp³-hybridized carbons (Fsp3) is 0.375. The first kappa shape index (κ1) is 15.1. The molecule has 2 aromatic rings. The average molecular weight is 320 g/mol. The van der Waals surface area contributed by atoms with Crippen molar-refractivity contribution in [3.05, 3.63) is 47.2 Å². The maximum absolute atomic E-state index is 11.3. The van der Waals surface area contributed by atoms with Gasteiger partial charge in [0.1, 0.15) is 6.04 Å². The highest BCUT2D eigenvalue weighted by Crippen LogP contribution is 2.20. The van der Waals surface area contributed by atoms with Crippen LogP contribution in [0.4, 0.5) is 0 Å². The van der Waals surface area contributed by atoms with Crippen LogP contribution in [0.1, 0.15) is 25.0 Å². The Balaban J connectivity index is 1.73. The van der Waals surface area contributed by atoms with Gasteiger partial charge in [-0.25, -0.2) is 4.68 Å². The van der Waals surface area contributed by atoms with Crippen molar-refractivity contribution in [1.29, 1.82) is 0 Å². The second-order valence-electron chi connectivity index (χ2n) is 5.55. The van der Waals surface area contributed by atoms with Crippen molar-refractivity contribution in [3.63, 3.8) is 0 Å². The maximum Gasteiger partial charge on any atom is 0.320 e. The number of halogens is 1. The minimum Gasteiger partial charge on any atom is -0.480 e. The summed E-state index contributed by atoms with van der Waals surface area (Å²) in [6, 6.07) is 8.99. The lowest BCUT2D eigenvalue weighted by molar-refractivity contribution is -0.144. The summed E-state index contributed by atoms with van der Waals surface area (Å²) in [6.07, 6.45) is 4.62. The van der Waals surface area contributed by atoms with Crippen LogP contribution in [-0.4, -0.2) is 38.3 Å². The Labute approximate surface area is 134 Å². The predicted octanol–water partition coefficient (Wildman–Crippen LogP) is 2.96. The number of hydrogen-bond acceptors (Lipinski definition) is 3. The number of aliphatic carboxylic acids is 1. The van der Waals surface area contributed by atoms with Crippen LogP contribution in [0.3, 0.4) is 0 Å². The Morgan fingerprint density at radius 3 is 2.77 bits per heavy atom. The Hall–Kier alpha value is -1.85. The van der Waals surface area contributed by atoms with Crippen LogP contribution in [0, 0.1) is 0 Å². The second kappa shape index (κ2) is 6.50. The molecule has 116 valence electrons. The van der Waals surface area contributed by atoms with E-state index in [2.05, 4.69) is 5.10 Å². The molecule has 2 heterocycles. The van der Waals surface area contributed by atoms with E-state index < -0.39 is 12.0 Å². The van der Waals surface area contributed by atoms with Crippen LogP contribution >= 0.6 is 11.6 Å². The van der Waals surface area contributed by atoms with E-state index in [9.17, 15) is 9.90 Å². The SMILES string of the molecule is O=C(O)C1CCCCN1Cc1ccn(-c2ccc(Cl)cc2)n1. The molecule has 1 aromatic heterocycles. The van der Waals surface area contributed by atoms with Crippen molar-refractivity contribution in [2.24, 2.45) is 0 Å². The van der Waals surface area contributed by atoms with Gasteiger partial charge in [-0.3, -0.25) is 9.69 Å². The summed E-state index contributed by atoms with van der Waals surface area (Å²) in [5, 5.41) is 14.5. The van der Waals surface area contributed by atoms with Crippen LogP contribution < -0.4 is 0 Å². The van der Waals surface area contributed by atoms with Crippen molar-refractivity contribution in [1.82, 2.24) is 14.7 Å². The highest BCUT2D eigenvalue weighted by atomic mass is 35.5. The van der Waals surface area contributed by atoms with Gasteiger partial charge < -0.3 is 5.11 Å². The summed E-state index contributed by atoms with van der Waals surface area (Å²) in [7, 11) is 0. The molecule has 0 spiro atoms. The van der Waals surface area contributed by atoms with Gasteiger partial charge in [0, 0.05) is 17.8 Å². The predicted molar refractivity (Wildman–Crippen MR) is 84.3 cm³/mol. The molecule has 1 atom stereocenters. The number of rotatable bonds is 4. The minimum atomic E-state index is -0.739. The van der Waals surface area contributed by atoms with Crippen molar-refractivity contribution in [2.45, 2.75) is 31.8 Å². The third kappa shape index (κ3) is 3.31. The van der Waals surface area contributed by atoms with Gasteiger partial charge in [-0.05, 0) is 49.7 Å². The first-order chi connectivity index (χ1) is 10.6. The van der Waals surface area contributed by atoms with Crippen LogP contribution in [-0.2, 0) is 11.3 Å². The summed E-state index contributed by atoms with van der Waals surface area (Å²) < 4.78 is 1.78. The molecule has 22 heavy (non-hydrogen) atoms. The first-order valence-electron chi connectivity index (χ1n) is 7.41. The number of carbonyl (C=O) groups is 1. The van der Waals surface area contributed by atoms with Gasteiger partial charge in [0.2, 0.25) is 0 Å². The molecule has 0 amide bonds. The molecule has 1 unspecified atom stereocenters. The quantitative estimate of drug-likeness (QED) is 0.941. The molecule has 0 bridgehead atoms. The van der Waals surface area contributed by atoms with Gasteiger partial charge in [-0.15, -0.1) is 0 Å². The maximum atomic E-state index is 11.3. The lowest BCUT2D eigenvalue weighted by Crippen LogP contribution is -2.44. The van der Waals surface area contributed by atoms with Crippen LogP contribution in [0.15, 0.2) is 36.5 Å². The van der Waals surface area contributed by atoms with Gasteiger partial charge in [0.25, 0.3) is 0 Å². The molecule has 0 radical (unpaired) electrons. The number of piperidine rings is 1. The molecule has 1 fully saturated rings. The van der Waals surface area contributed by atoms with Crippen LogP contribution in [0.2, 0.25) is 5.02 Å². The van der Waals surface area contributed by atoms with E-state index in [0.29, 0.717) is 18.0 Å². The van der Waals surface area contributed by atoms with Crippen LogP contribution in [0.25, 0.3) is 5.69 Å². The van der Waals surface area contributed by atoms with E-state index in [0.717, 1.165) is 30.8 Å². The molecule has 1 aromatic carbocycles. The Kier molecular flexibility index (Phi) is 4.45. The molecule has 3 rings (SSSR count). The van der Waals surface area contributed by atoms with Gasteiger partial charge >= 0.3 is 5.97 Å². The molecule has 5 nitrogen and oxygen atoms in total. The summed E-state index contributed by atoms with van der Waals surface area (Å²) in [4.78, 5) is 13.3. The second-order valence-corrected chi connectivity index (χ2v) is 5.98. The smallest absolute Gasteiger partial charge is 0.320 e. The highest BCUT2D eigenvalue weighted by Gasteiger charge is 2.28. The first-order valence-corrected chi connectivity index (χ1v) is 7.78. The third-order valence-corrected chi connectivity index (χ3v) is 4.25. The zero-order chi connectivity index (χ0) is 15.5. The molecular formula is C16H18ClN3O2. The fourth-order valence-corrected chi connectivity index (χ4v) is 2.98. The Bertz CT molecular complexity index is 654. The molecule has 0 aliphatic carbocycles. The molecule has 0 saturated carbocycles. The largest absolute Gasteiger partial charge is 0.480 e. The monoisotopic (exact) mass is 319 g/mol. The van der Waals surface area contributed by atoms with E-state index in [1.54, 1.807) is 4.68 Å². The fourth-order valence-electron chi connectivity index (χ4n) is 2.85. The van der Waals surface area contributed by atoms with Gasteiger partial charge in [-0.2, -0.15) is 5.10 Å². The highest BCUT2D eigenvalue weighted by molar-refractivity contribution is 6.30. The van der Waals surface area contributed by atoms with Gasteiger partial charge in [0.15, 0.2) is 0 Å². The van der Waals surface area contributed by atoms with Crippen molar-refractivity contribution in [3.8, 4) is 5.69 Å². The lowest BCUT2D eigenvalue weighted by Gasteiger charge is -2.32. The minimum absolute atomic E-state index is 0.394. The summed E-state index contributed by atoms with van der Waals surface area (Å²) in [5.41, 5.74) is 1.81. The number of carboxylic acids is 1. The van der Waals surface area contributed by atoms with Gasteiger partial charge in [0.05, 0.1) is 11.4 Å². The lowest BCUT2D eigenvalue weighted by atomic mass is 10.0. The molecule has 1 aliphatic heterocycles. The number of nitrogens with zero attached hydrogens (tertiary/aromatic N) is 3. The number of likely N-dealkylation sites (tertiary alicyclic amines) is 1. The van der Waals surface area contributed by atoms with E-state index in [1.165, 1.54) is 0 Å². The number of hydrogen-bond donors (Lipinski definition) is 1. The summed E-state index contributed by atoms with van der Waals surface area (Å²) in [5.74, 6) is -0.739.